The molecule has 2 aromatic carbocycles. The summed E-state index contributed by atoms with van der Waals surface area (Å²) in [7, 11) is 1.60. The van der Waals surface area contributed by atoms with Crippen molar-refractivity contribution in [2.75, 3.05) is 7.11 Å². The number of methoxy groups -OCH3 is 1. The molecule has 0 aliphatic heterocycles. The molecule has 0 saturated carbocycles. The van der Waals surface area contributed by atoms with Gasteiger partial charge in [-0.1, -0.05) is 35.9 Å². The summed E-state index contributed by atoms with van der Waals surface area (Å²) in [6.07, 6.45) is 1.79. The quantitative estimate of drug-likeness (QED) is 0.560. The van der Waals surface area contributed by atoms with Gasteiger partial charge in [0.1, 0.15) is 0 Å². The molecule has 0 aromatic heterocycles. The summed E-state index contributed by atoms with van der Waals surface area (Å²) in [4.78, 5) is 0. The Hall–Kier alpha value is -2.44. The smallest absolute Gasteiger partial charge is 0.168 e. The molecule has 0 radical (unpaired) electrons. The Balaban J connectivity index is 2.51. The molecule has 0 amide bonds. The van der Waals surface area contributed by atoms with E-state index in [0.29, 0.717) is 22.1 Å². The van der Waals surface area contributed by atoms with E-state index in [0.717, 1.165) is 11.1 Å². The molecule has 0 spiro atoms. The number of hydrogen-bond acceptors (Lipinski definition) is 3. The maximum Gasteiger partial charge on any atom is 0.168 e. The van der Waals surface area contributed by atoms with E-state index in [1.54, 1.807) is 25.3 Å². The number of nitrogens with zero attached hydrogens (tertiary/aromatic N) is 1. The SMILES string of the molecule is COc1cccc(C=C(C#N)c2ccc(Cl)cc2)c1OC(C)C. The second kappa shape index (κ2) is 7.71. The van der Waals surface area contributed by atoms with E-state index in [1.807, 2.05) is 44.2 Å². The van der Waals surface area contributed by atoms with Gasteiger partial charge in [0.25, 0.3) is 0 Å². The van der Waals surface area contributed by atoms with E-state index < -0.39 is 0 Å². The van der Waals surface area contributed by atoms with Crippen LogP contribution in [0.4, 0.5) is 0 Å². The van der Waals surface area contributed by atoms with Gasteiger partial charge in [-0.05, 0) is 43.7 Å². The van der Waals surface area contributed by atoms with E-state index in [4.69, 9.17) is 21.1 Å². The van der Waals surface area contributed by atoms with E-state index in [-0.39, 0.29) is 6.10 Å². The Morgan fingerprint density at radius 3 is 2.43 bits per heavy atom. The van der Waals surface area contributed by atoms with Crippen molar-refractivity contribution in [1.82, 2.24) is 0 Å². The molecule has 0 fully saturated rings. The minimum atomic E-state index is -0.000447. The minimum absolute atomic E-state index is 0.000447. The zero-order valence-corrected chi connectivity index (χ0v) is 14.1. The van der Waals surface area contributed by atoms with Gasteiger partial charge < -0.3 is 9.47 Å². The molecule has 2 rings (SSSR count). The summed E-state index contributed by atoms with van der Waals surface area (Å²) in [5.74, 6) is 1.27. The van der Waals surface area contributed by atoms with E-state index in [1.165, 1.54) is 0 Å². The fourth-order valence-electron chi connectivity index (χ4n) is 2.13. The number of benzene rings is 2. The number of hydrogen-bond donors (Lipinski definition) is 0. The van der Waals surface area contributed by atoms with Gasteiger partial charge in [0.05, 0.1) is 24.9 Å². The fourth-order valence-corrected chi connectivity index (χ4v) is 2.26. The van der Waals surface area contributed by atoms with Crippen LogP contribution in [0.1, 0.15) is 25.0 Å². The van der Waals surface area contributed by atoms with Crippen LogP contribution in [-0.4, -0.2) is 13.2 Å². The summed E-state index contributed by atoms with van der Waals surface area (Å²) < 4.78 is 11.2. The molecular formula is C19H18ClNO2. The van der Waals surface area contributed by atoms with Crippen molar-refractivity contribution in [2.24, 2.45) is 0 Å². The average molecular weight is 328 g/mol. The van der Waals surface area contributed by atoms with Crippen LogP contribution in [0.5, 0.6) is 11.5 Å². The summed E-state index contributed by atoms with van der Waals surface area (Å²) in [6.45, 7) is 3.90. The normalized spacial score (nSPS) is 11.2. The Labute approximate surface area is 141 Å². The van der Waals surface area contributed by atoms with Gasteiger partial charge in [-0.15, -0.1) is 0 Å². The monoisotopic (exact) mass is 327 g/mol. The van der Waals surface area contributed by atoms with Gasteiger partial charge in [0.15, 0.2) is 11.5 Å². The van der Waals surface area contributed by atoms with Crippen molar-refractivity contribution in [3.63, 3.8) is 0 Å². The molecule has 0 N–H and O–H groups in total. The van der Waals surface area contributed by atoms with Crippen LogP contribution in [0.25, 0.3) is 11.6 Å². The average Bonchev–Trinajstić information content (AvgIpc) is 2.54. The first-order valence-corrected chi connectivity index (χ1v) is 7.64. The predicted octanol–water partition coefficient (Wildman–Crippen LogP) is 5.20. The van der Waals surface area contributed by atoms with Crippen LogP contribution in [-0.2, 0) is 0 Å². The Morgan fingerprint density at radius 2 is 1.87 bits per heavy atom. The molecule has 4 heteroatoms. The Kier molecular flexibility index (Phi) is 5.67. The standard InChI is InChI=1S/C19H18ClNO2/c1-13(2)23-19-15(5-4-6-18(19)22-3)11-16(12-21)14-7-9-17(20)10-8-14/h4-11,13H,1-3H3. The van der Waals surface area contributed by atoms with Gasteiger partial charge in [-0.3, -0.25) is 0 Å². The Bertz CT molecular complexity index is 743. The summed E-state index contributed by atoms with van der Waals surface area (Å²) in [5, 5.41) is 10.1. The first-order chi connectivity index (χ1) is 11.0. The second-order valence-electron chi connectivity index (χ2n) is 5.22. The largest absolute Gasteiger partial charge is 0.493 e. The van der Waals surface area contributed by atoms with E-state index in [2.05, 4.69) is 6.07 Å². The fraction of sp³-hybridized carbons (Fsp3) is 0.211. The number of ether oxygens (including phenoxy) is 2. The molecule has 0 saturated heterocycles. The van der Waals surface area contributed by atoms with Crippen molar-refractivity contribution in [2.45, 2.75) is 20.0 Å². The van der Waals surface area contributed by atoms with E-state index >= 15 is 0 Å². The zero-order valence-electron chi connectivity index (χ0n) is 13.3. The molecule has 3 nitrogen and oxygen atoms in total. The lowest BCUT2D eigenvalue weighted by atomic mass is 10.0. The van der Waals surface area contributed by atoms with Crippen molar-refractivity contribution in [3.8, 4) is 17.6 Å². The molecule has 23 heavy (non-hydrogen) atoms. The second-order valence-corrected chi connectivity index (χ2v) is 5.66. The molecule has 118 valence electrons. The maximum atomic E-state index is 9.49. The van der Waals surface area contributed by atoms with E-state index in [9.17, 15) is 5.26 Å². The zero-order chi connectivity index (χ0) is 16.8. The third-order valence-electron chi connectivity index (χ3n) is 3.16. The van der Waals surface area contributed by atoms with Crippen LogP contribution in [0.2, 0.25) is 5.02 Å². The van der Waals surface area contributed by atoms with Crippen molar-refractivity contribution >= 4 is 23.3 Å². The highest BCUT2D eigenvalue weighted by Crippen LogP contribution is 2.34. The number of rotatable bonds is 5. The first kappa shape index (κ1) is 16.9. The third kappa shape index (κ3) is 4.28. The lowest BCUT2D eigenvalue weighted by Gasteiger charge is -2.16. The van der Waals surface area contributed by atoms with Crippen molar-refractivity contribution in [3.05, 3.63) is 58.6 Å². The summed E-state index contributed by atoms with van der Waals surface area (Å²) in [6, 6.07) is 15.0. The van der Waals surface area contributed by atoms with Crippen LogP contribution in [0.15, 0.2) is 42.5 Å². The number of nitriles is 1. The molecule has 0 atom stereocenters. The third-order valence-corrected chi connectivity index (χ3v) is 3.41. The number of allylic oxidation sites excluding steroid dienone is 1. The molecule has 2 aromatic rings. The van der Waals surface area contributed by atoms with Crippen LogP contribution < -0.4 is 9.47 Å². The highest BCUT2D eigenvalue weighted by Gasteiger charge is 2.12. The highest BCUT2D eigenvalue weighted by molar-refractivity contribution is 6.30. The minimum Gasteiger partial charge on any atom is -0.493 e. The van der Waals surface area contributed by atoms with Crippen molar-refractivity contribution in [1.29, 1.82) is 5.26 Å². The van der Waals surface area contributed by atoms with Crippen LogP contribution in [0, 0.1) is 11.3 Å². The lowest BCUT2D eigenvalue weighted by Crippen LogP contribution is -2.08. The van der Waals surface area contributed by atoms with Gasteiger partial charge in [-0.25, -0.2) is 0 Å². The van der Waals surface area contributed by atoms with Crippen LogP contribution in [0.3, 0.4) is 0 Å². The molecule has 0 aliphatic rings. The van der Waals surface area contributed by atoms with Gasteiger partial charge in [-0.2, -0.15) is 5.26 Å². The first-order valence-electron chi connectivity index (χ1n) is 7.26. The van der Waals surface area contributed by atoms with Gasteiger partial charge >= 0.3 is 0 Å². The topological polar surface area (TPSA) is 42.2 Å². The van der Waals surface area contributed by atoms with Crippen molar-refractivity contribution < 1.29 is 9.47 Å². The molecule has 0 unspecified atom stereocenters. The highest BCUT2D eigenvalue weighted by atomic mass is 35.5. The molecule has 0 aliphatic carbocycles. The molecule has 0 heterocycles. The van der Waals surface area contributed by atoms with Gasteiger partial charge in [0.2, 0.25) is 0 Å². The number of halogens is 1. The number of para-hydroxylation sites is 1. The maximum absolute atomic E-state index is 9.49. The predicted molar refractivity (Wildman–Crippen MR) is 93.7 cm³/mol. The Morgan fingerprint density at radius 1 is 1.17 bits per heavy atom. The van der Waals surface area contributed by atoms with Crippen LogP contribution >= 0.6 is 11.6 Å². The summed E-state index contributed by atoms with van der Waals surface area (Å²) in [5.41, 5.74) is 2.13. The van der Waals surface area contributed by atoms with Gasteiger partial charge in [0, 0.05) is 10.6 Å². The lowest BCUT2D eigenvalue weighted by molar-refractivity contribution is 0.229. The molecule has 0 bridgehead atoms. The summed E-state index contributed by atoms with van der Waals surface area (Å²) >= 11 is 5.90. The molecular weight excluding hydrogens is 310 g/mol.